The summed E-state index contributed by atoms with van der Waals surface area (Å²) in [5.74, 6) is -1.03. The summed E-state index contributed by atoms with van der Waals surface area (Å²) in [5, 5.41) is 27.1. The molecule has 0 saturated carbocycles. The number of hydrogen-bond donors (Lipinski definition) is 2. The Morgan fingerprint density at radius 3 is 1.75 bits per heavy atom. The molecule has 0 atom stereocenters. The first kappa shape index (κ1) is 20.5. The minimum atomic E-state index is -0.813. The molecule has 0 saturated heterocycles. The number of carbonyl (C=O) groups is 2. The van der Waals surface area contributed by atoms with E-state index >= 15 is 0 Å². The van der Waals surface area contributed by atoms with Crippen molar-refractivity contribution in [2.75, 3.05) is 5.32 Å². The molecule has 0 spiro atoms. The molecule has 0 unspecified atom stereocenters. The highest BCUT2D eigenvalue weighted by Crippen LogP contribution is 2.23. The standard InChI is InChI=1S/C18H18N4O6/c1-18(2,3)20-17(24)11-4-6-13(7-5-11)19-16(23)12-8-14(21(25)26)10-15(9-12)22(27)28/h4-10H,1-3H3,(H,19,23)(H,20,24). The second-order valence-corrected chi connectivity index (χ2v) is 6.99. The first-order chi connectivity index (χ1) is 13.0. The molecule has 0 aliphatic carbocycles. The number of benzene rings is 2. The van der Waals surface area contributed by atoms with Crippen LogP contribution >= 0.6 is 0 Å². The Labute approximate surface area is 159 Å². The predicted molar refractivity (Wildman–Crippen MR) is 101 cm³/mol. The third-order valence-electron chi connectivity index (χ3n) is 3.48. The fraction of sp³-hybridized carbons (Fsp3) is 0.222. The zero-order valence-corrected chi connectivity index (χ0v) is 15.4. The van der Waals surface area contributed by atoms with Crippen LogP contribution in [0.3, 0.4) is 0 Å². The van der Waals surface area contributed by atoms with Gasteiger partial charge in [0.1, 0.15) is 0 Å². The minimum absolute atomic E-state index is 0.226. The number of hydrogen-bond acceptors (Lipinski definition) is 6. The molecule has 2 aromatic rings. The molecule has 146 valence electrons. The average Bonchev–Trinajstić information content (AvgIpc) is 2.60. The molecule has 0 bridgehead atoms. The highest BCUT2D eigenvalue weighted by atomic mass is 16.6. The zero-order valence-electron chi connectivity index (χ0n) is 15.4. The summed E-state index contributed by atoms with van der Waals surface area (Å²) in [6.45, 7) is 5.53. The summed E-state index contributed by atoms with van der Waals surface area (Å²) >= 11 is 0. The van der Waals surface area contributed by atoms with Crippen LogP contribution in [0.5, 0.6) is 0 Å². The monoisotopic (exact) mass is 386 g/mol. The molecule has 2 amide bonds. The quantitative estimate of drug-likeness (QED) is 0.596. The van der Waals surface area contributed by atoms with Crippen molar-refractivity contribution in [3.05, 3.63) is 73.8 Å². The number of nitro groups is 2. The van der Waals surface area contributed by atoms with Gasteiger partial charge in [-0.2, -0.15) is 0 Å². The van der Waals surface area contributed by atoms with Gasteiger partial charge in [0, 0.05) is 28.9 Å². The molecule has 10 heteroatoms. The summed E-state index contributed by atoms with van der Waals surface area (Å²) in [6, 6.07) is 8.67. The van der Waals surface area contributed by atoms with Crippen LogP contribution in [-0.2, 0) is 0 Å². The van der Waals surface area contributed by atoms with Gasteiger partial charge in [-0.3, -0.25) is 29.8 Å². The first-order valence-electron chi connectivity index (χ1n) is 8.14. The van der Waals surface area contributed by atoms with Gasteiger partial charge in [0.15, 0.2) is 0 Å². The van der Waals surface area contributed by atoms with E-state index in [1.54, 1.807) is 0 Å². The molecule has 2 rings (SSSR count). The lowest BCUT2D eigenvalue weighted by molar-refractivity contribution is -0.394. The summed E-state index contributed by atoms with van der Waals surface area (Å²) < 4.78 is 0. The van der Waals surface area contributed by atoms with Gasteiger partial charge in [0.05, 0.1) is 21.5 Å². The number of non-ortho nitro benzene ring substituents is 2. The maximum absolute atomic E-state index is 12.3. The maximum Gasteiger partial charge on any atom is 0.277 e. The number of nitrogens with one attached hydrogen (secondary N) is 2. The van der Waals surface area contributed by atoms with Crippen LogP contribution < -0.4 is 10.6 Å². The van der Waals surface area contributed by atoms with Crippen molar-refractivity contribution in [2.24, 2.45) is 0 Å². The van der Waals surface area contributed by atoms with Crippen molar-refractivity contribution >= 4 is 28.9 Å². The Morgan fingerprint density at radius 1 is 0.821 bits per heavy atom. The molecule has 28 heavy (non-hydrogen) atoms. The van der Waals surface area contributed by atoms with Gasteiger partial charge in [0.2, 0.25) is 0 Å². The third kappa shape index (κ3) is 5.34. The summed E-state index contributed by atoms with van der Waals surface area (Å²) in [6.07, 6.45) is 0. The summed E-state index contributed by atoms with van der Waals surface area (Å²) in [4.78, 5) is 44.6. The lowest BCUT2D eigenvalue weighted by atomic mass is 10.1. The first-order valence-corrected chi connectivity index (χ1v) is 8.14. The largest absolute Gasteiger partial charge is 0.347 e. The molecular weight excluding hydrogens is 368 g/mol. The van der Waals surface area contributed by atoms with Crippen LogP contribution in [0, 0.1) is 20.2 Å². The highest BCUT2D eigenvalue weighted by Gasteiger charge is 2.20. The van der Waals surface area contributed by atoms with E-state index in [4.69, 9.17) is 0 Å². The maximum atomic E-state index is 12.3. The third-order valence-corrected chi connectivity index (χ3v) is 3.48. The highest BCUT2D eigenvalue weighted by molar-refractivity contribution is 6.05. The Bertz CT molecular complexity index is 915. The van der Waals surface area contributed by atoms with E-state index in [0.717, 1.165) is 18.2 Å². The van der Waals surface area contributed by atoms with Crippen molar-refractivity contribution in [3.8, 4) is 0 Å². The minimum Gasteiger partial charge on any atom is -0.347 e. The van der Waals surface area contributed by atoms with Crippen molar-refractivity contribution in [1.82, 2.24) is 5.32 Å². The topological polar surface area (TPSA) is 144 Å². The van der Waals surface area contributed by atoms with Crippen molar-refractivity contribution in [3.63, 3.8) is 0 Å². The molecule has 0 heterocycles. The normalized spacial score (nSPS) is 10.8. The predicted octanol–water partition coefficient (Wildman–Crippen LogP) is 3.28. The lowest BCUT2D eigenvalue weighted by Gasteiger charge is -2.20. The molecule has 2 aromatic carbocycles. The van der Waals surface area contributed by atoms with Gasteiger partial charge in [-0.15, -0.1) is 0 Å². The van der Waals surface area contributed by atoms with Gasteiger partial charge >= 0.3 is 0 Å². The van der Waals surface area contributed by atoms with Crippen molar-refractivity contribution in [2.45, 2.75) is 26.3 Å². The van der Waals surface area contributed by atoms with E-state index in [1.165, 1.54) is 24.3 Å². The molecule has 2 N–H and O–H groups in total. The number of amides is 2. The van der Waals surface area contributed by atoms with Crippen molar-refractivity contribution < 1.29 is 19.4 Å². The molecule has 10 nitrogen and oxygen atoms in total. The zero-order chi connectivity index (χ0) is 21.1. The SMILES string of the molecule is CC(C)(C)NC(=O)c1ccc(NC(=O)c2cc([N+](=O)[O-])cc([N+](=O)[O-])c2)cc1. The van der Waals surface area contributed by atoms with E-state index in [-0.39, 0.29) is 11.5 Å². The van der Waals surface area contributed by atoms with Gasteiger partial charge < -0.3 is 10.6 Å². The van der Waals surface area contributed by atoms with E-state index in [9.17, 15) is 29.8 Å². The molecule has 0 fully saturated rings. The summed E-state index contributed by atoms with van der Waals surface area (Å²) in [5.41, 5.74) is -1.04. The van der Waals surface area contributed by atoms with E-state index in [1.807, 2.05) is 20.8 Å². The Hall–Kier alpha value is -3.82. The number of anilines is 1. The molecule has 0 radical (unpaired) electrons. The van der Waals surface area contributed by atoms with Crippen LogP contribution in [0.2, 0.25) is 0 Å². The van der Waals surface area contributed by atoms with Gasteiger partial charge in [-0.25, -0.2) is 0 Å². The number of nitro benzene ring substituents is 2. The average molecular weight is 386 g/mol. The number of nitrogens with zero attached hydrogens (tertiary/aromatic N) is 2. The molecule has 0 aliphatic rings. The fourth-order valence-electron chi connectivity index (χ4n) is 2.26. The Kier molecular flexibility index (Phi) is 5.73. The fourth-order valence-corrected chi connectivity index (χ4v) is 2.26. The van der Waals surface area contributed by atoms with Gasteiger partial charge in [0.25, 0.3) is 23.2 Å². The van der Waals surface area contributed by atoms with Crippen LogP contribution in [0.25, 0.3) is 0 Å². The Morgan fingerprint density at radius 2 is 1.32 bits per heavy atom. The van der Waals surface area contributed by atoms with Crippen LogP contribution in [0.4, 0.5) is 17.1 Å². The molecule has 0 aliphatic heterocycles. The van der Waals surface area contributed by atoms with E-state index in [0.29, 0.717) is 11.3 Å². The molecule has 0 aromatic heterocycles. The second-order valence-electron chi connectivity index (χ2n) is 6.99. The number of rotatable bonds is 5. The van der Waals surface area contributed by atoms with Crippen LogP contribution in [-0.4, -0.2) is 27.2 Å². The van der Waals surface area contributed by atoms with E-state index in [2.05, 4.69) is 10.6 Å². The van der Waals surface area contributed by atoms with E-state index < -0.39 is 32.7 Å². The smallest absolute Gasteiger partial charge is 0.277 e. The number of carbonyl (C=O) groups excluding carboxylic acids is 2. The van der Waals surface area contributed by atoms with Crippen LogP contribution in [0.15, 0.2) is 42.5 Å². The molecular formula is C18H18N4O6. The van der Waals surface area contributed by atoms with Gasteiger partial charge in [-0.05, 0) is 45.0 Å². The Balaban J connectivity index is 2.20. The van der Waals surface area contributed by atoms with Crippen LogP contribution in [0.1, 0.15) is 41.5 Å². The van der Waals surface area contributed by atoms with Gasteiger partial charge in [-0.1, -0.05) is 0 Å². The lowest BCUT2D eigenvalue weighted by Crippen LogP contribution is -2.40. The van der Waals surface area contributed by atoms with Crippen molar-refractivity contribution in [1.29, 1.82) is 0 Å². The second kappa shape index (κ2) is 7.82. The summed E-state index contributed by atoms with van der Waals surface area (Å²) in [7, 11) is 0.